The van der Waals surface area contributed by atoms with Crippen LogP contribution < -0.4 is 15.4 Å². The van der Waals surface area contributed by atoms with Gasteiger partial charge in [0, 0.05) is 67.4 Å². The van der Waals surface area contributed by atoms with Crippen molar-refractivity contribution in [2.75, 3.05) is 50.0 Å². The lowest BCUT2D eigenvalue weighted by Crippen LogP contribution is -2.54. The number of nitriles is 2. The first-order chi connectivity index (χ1) is 23.2. The molecule has 4 atom stereocenters. The summed E-state index contributed by atoms with van der Waals surface area (Å²) in [4.78, 5) is 16.1. The lowest BCUT2D eigenvalue weighted by Gasteiger charge is -2.41. The van der Waals surface area contributed by atoms with Crippen molar-refractivity contribution in [3.63, 3.8) is 0 Å². The van der Waals surface area contributed by atoms with E-state index in [1.807, 2.05) is 6.07 Å². The van der Waals surface area contributed by atoms with Crippen LogP contribution >= 0.6 is 22.9 Å². The number of piperazine rings is 1. The third-order valence-electron chi connectivity index (χ3n) is 10.7. The van der Waals surface area contributed by atoms with Crippen molar-refractivity contribution in [1.29, 1.82) is 10.5 Å². The molecule has 2 N–H and O–H groups in total. The summed E-state index contributed by atoms with van der Waals surface area (Å²) in [5.74, 6) is -0.846. The van der Waals surface area contributed by atoms with Crippen LogP contribution in [0.1, 0.15) is 44.1 Å². The van der Waals surface area contributed by atoms with Crippen molar-refractivity contribution in [2.45, 2.75) is 62.3 Å². The van der Waals surface area contributed by atoms with Crippen LogP contribution in [0.4, 0.5) is 24.0 Å². The third kappa shape index (κ3) is 4.94. The molecule has 0 aliphatic carbocycles. The van der Waals surface area contributed by atoms with Gasteiger partial charge < -0.3 is 15.4 Å². The zero-order valence-electron chi connectivity index (χ0n) is 26.0. The van der Waals surface area contributed by atoms with Crippen molar-refractivity contribution in [1.82, 2.24) is 19.8 Å². The van der Waals surface area contributed by atoms with Crippen molar-refractivity contribution in [3.8, 4) is 29.3 Å². The molecular weight excluding hydrogens is 661 g/mol. The molecule has 0 unspecified atom stereocenters. The second-order valence-electron chi connectivity index (χ2n) is 13.3. The quantitative estimate of drug-likeness (QED) is 0.234. The normalized spacial score (nSPS) is 25.5. The largest absolute Gasteiger partial charge is 0.461 e. The fourth-order valence-electron chi connectivity index (χ4n) is 8.58. The fraction of sp³-hybridized carbons (Fsp3) is 0.471. The molecule has 248 valence electrons. The van der Waals surface area contributed by atoms with Gasteiger partial charge in [-0.3, -0.25) is 9.80 Å². The van der Waals surface area contributed by atoms with E-state index < -0.39 is 23.3 Å². The molecule has 0 amide bonds. The second kappa shape index (κ2) is 11.9. The lowest BCUT2D eigenvalue weighted by molar-refractivity contribution is 0.107. The number of alkyl halides is 1. The molecule has 0 saturated carbocycles. The van der Waals surface area contributed by atoms with Crippen LogP contribution in [-0.4, -0.2) is 82.9 Å². The molecule has 2 bridgehead atoms. The third-order valence-corrected chi connectivity index (χ3v) is 12.0. The average Bonchev–Trinajstić information content (AvgIpc) is 3.77. The Hall–Kier alpha value is -3.88. The van der Waals surface area contributed by atoms with Gasteiger partial charge in [0.1, 0.15) is 41.0 Å². The van der Waals surface area contributed by atoms with E-state index in [1.165, 1.54) is 12.1 Å². The van der Waals surface area contributed by atoms with Gasteiger partial charge >= 0.3 is 6.01 Å². The summed E-state index contributed by atoms with van der Waals surface area (Å²) >= 11 is 7.80. The standard InChI is InChI=1S/C34H32ClF3N8OS/c35-24-11-22-29(28(38)27(24)21-5-6-25(37)30-26(21)23(13-40)31(41)48-30)42-33(47-17-34-7-1-9-45(34)14-18(36)12-34)43-32(22)44-15-19-3-4-20(16-44)46(19)10-2-8-39/h5-6,11,18-20H,1-4,7,9-10,12,14-17,41H2/t18-,19-,20+,34+/m1/s1. The van der Waals surface area contributed by atoms with Gasteiger partial charge in [-0.05, 0) is 49.9 Å². The molecule has 9 nitrogen and oxygen atoms in total. The number of nitrogen functional groups attached to an aromatic ring is 1. The van der Waals surface area contributed by atoms with Gasteiger partial charge in [0.2, 0.25) is 0 Å². The Morgan fingerprint density at radius 1 is 1.15 bits per heavy atom. The summed E-state index contributed by atoms with van der Waals surface area (Å²) in [6.07, 6.45) is 3.57. The van der Waals surface area contributed by atoms with Crippen molar-refractivity contribution in [3.05, 3.63) is 40.4 Å². The minimum Gasteiger partial charge on any atom is -0.461 e. The zero-order valence-corrected chi connectivity index (χ0v) is 27.6. The minimum atomic E-state index is -0.936. The molecule has 4 aromatic rings. The molecule has 6 heterocycles. The first-order valence-corrected chi connectivity index (χ1v) is 17.4. The number of nitrogens with zero attached hydrogens (tertiary/aromatic N) is 7. The van der Waals surface area contributed by atoms with E-state index in [2.05, 4.69) is 25.8 Å². The monoisotopic (exact) mass is 692 g/mol. The maximum absolute atomic E-state index is 17.0. The number of aromatic nitrogens is 2. The van der Waals surface area contributed by atoms with E-state index in [1.54, 1.807) is 6.07 Å². The van der Waals surface area contributed by atoms with E-state index in [9.17, 15) is 19.3 Å². The lowest BCUT2D eigenvalue weighted by atomic mass is 9.95. The molecule has 2 aromatic heterocycles. The number of fused-ring (bicyclic) bond motifs is 5. The maximum Gasteiger partial charge on any atom is 0.319 e. The minimum absolute atomic E-state index is 0.0193. The average molecular weight is 693 g/mol. The Labute approximate surface area is 284 Å². The number of ether oxygens (including phenoxy) is 1. The second-order valence-corrected chi connectivity index (χ2v) is 14.8. The maximum atomic E-state index is 17.0. The number of anilines is 2. The molecule has 0 spiro atoms. The van der Waals surface area contributed by atoms with E-state index >= 15 is 4.39 Å². The van der Waals surface area contributed by atoms with Crippen LogP contribution in [0.15, 0.2) is 18.2 Å². The number of hydrogen-bond acceptors (Lipinski definition) is 10. The van der Waals surface area contributed by atoms with Gasteiger partial charge in [-0.2, -0.15) is 20.5 Å². The highest BCUT2D eigenvalue weighted by Gasteiger charge is 2.49. The molecule has 4 fully saturated rings. The van der Waals surface area contributed by atoms with Gasteiger partial charge in [0.05, 0.1) is 26.9 Å². The summed E-state index contributed by atoms with van der Waals surface area (Å²) in [5, 5.41) is 19.8. The number of thiophene rings is 1. The molecule has 14 heteroatoms. The summed E-state index contributed by atoms with van der Waals surface area (Å²) in [7, 11) is 0. The number of halogens is 4. The molecule has 2 aromatic carbocycles. The summed E-state index contributed by atoms with van der Waals surface area (Å²) in [6, 6.07) is 8.91. The fourth-order valence-corrected chi connectivity index (χ4v) is 9.82. The topological polar surface area (TPSA) is 118 Å². The van der Waals surface area contributed by atoms with Gasteiger partial charge in [-0.1, -0.05) is 17.7 Å². The highest BCUT2D eigenvalue weighted by Crippen LogP contribution is 2.46. The highest BCUT2D eigenvalue weighted by atomic mass is 35.5. The van der Waals surface area contributed by atoms with E-state index in [4.69, 9.17) is 27.1 Å². The predicted molar refractivity (Wildman–Crippen MR) is 179 cm³/mol. The Bertz CT molecular complexity index is 2030. The Balaban J connectivity index is 1.26. The first kappa shape index (κ1) is 31.4. The zero-order chi connectivity index (χ0) is 33.3. The molecule has 0 radical (unpaired) electrons. The SMILES string of the molecule is N#CCCN1[C@@H]2CC[C@H]1CN(c1nc(OC[C@@]34CCCN3C[C@H](F)C4)nc3c(F)c(-c4ccc(F)c5sc(N)c(C#N)c45)c(Cl)cc13)C2. The van der Waals surface area contributed by atoms with Gasteiger partial charge in [0.15, 0.2) is 5.82 Å². The smallest absolute Gasteiger partial charge is 0.319 e. The van der Waals surface area contributed by atoms with Gasteiger partial charge in [0.25, 0.3) is 0 Å². The van der Waals surface area contributed by atoms with Crippen molar-refractivity contribution < 1.29 is 17.9 Å². The highest BCUT2D eigenvalue weighted by molar-refractivity contribution is 7.23. The van der Waals surface area contributed by atoms with Crippen LogP contribution in [0.5, 0.6) is 6.01 Å². The number of rotatable bonds is 7. The van der Waals surface area contributed by atoms with Gasteiger partial charge in [-0.15, -0.1) is 11.3 Å². The van der Waals surface area contributed by atoms with Crippen molar-refractivity contribution in [2.24, 2.45) is 0 Å². The first-order valence-electron chi connectivity index (χ1n) is 16.2. The van der Waals surface area contributed by atoms with E-state index in [0.717, 1.165) is 43.6 Å². The Morgan fingerprint density at radius 3 is 2.69 bits per heavy atom. The number of hydrogen-bond donors (Lipinski definition) is 1. The van der Waals surface area contributed by atoms with Crippen molar-refractivity contribution >= 4 is 54.7 Å². The molecule has 48 heavy (non-hydrogen) atoms. The van der Waals surface area contributed by atoms with Crippen LogP contribution in [0.2, 0.25) is 5.02 Å². The van der Waals surface area contributed by atoms with E-state index in [0.29, 0.717) is 50.2 Å². The van der Waals surface area contributed by atoms with Crippen LogP contribution in [0.25, 0.3) is 32.1 Å². The van der Waals surface area contributed by atoms with Gasteiger partial charge in [-0.25, -0.2) is 13.2 Å². The summed E-state index contributed by atoms with van der Waals surface area (Å²) in [5.41, 5.74) is 5.85. The molecule has 4 saturated heterocycles. The summed E-state index contributed by atoms with van der Waals surface area (Å²) < 4.78 is 52.9. The Kier molecular flexibility index (Phi) is 7.79. The predicted octanol–water partition coefficient (Wildman–Crippen LogP) is 6.42. The van der Waals surface area contributed by atoms with E-state index in [-0.39, 0.29) is 67.0 Å². The van der Waals surface area contributed by atoms with Crippen LogP contribution in [0.3, 0.4) is 0 Å². The van der Waals surface area contributed by atoms with Crippen LogP contribution in [0, 0.1) is 34.3 Å². The molecule has 8 rings (SSSR count). The number of benzene rings is 2. The number of nitrogens with two attached hydrogens (primary N) is 1. The van der Waals surface area contributed by atoms with Crippen LogP contribution in [-0.2, 0) is 0 Å². The molecule has 4 aliphatic heterocycles. The Morgan fingerprint density at radius 2 is 1.94 bits per heavy atom. The molecule has 4 aliphatic rings. The summed E-state index contributed by atoms with van der Waals surface area (Å²) in [6.45, 7) is 3.27. The molecular formula is C34H32ClF3N8OS.